The molecule has 0 aliphatic carbocycles. The molecular weight excluding hydrogens is 284 g/mol. The highest BCUT2D eigenvalue weighted by Gasteiger charge is 1.93. The summed E-state index contributed by atoms with van der Waals surface area (Å²) in [6, 6.07) is 0. The quantitative estimate of drug-likeness (QED) is 0.178. The first kappa shape index (κ1) is 21.2. The van der Waals surface area contributed by atoms with Crippen LogP contribution in [0.3, 0.4) is 0 Å². The first-order valence-corrected chi connectivity index (χ1v) is 8.56. The van der Waals surface area contributed by atoms with Gasteiger partial charge in [0.15, 0.2) is 0 Å². The van der Waals surface area contributed by atoms with Gasteiger partial charge >= 0.3 is 5.97 Å². The van der Waals surface area contributed by atoms with E-state index in [-0.39, 0.29) is 0 Å². The van der Waals surface area contributed by atoms with Crippen molar-refractivity contribution in [3.8, 4) is 11.8 Å². The second-order valence-corrected chi connectivity index (χ2v) is 6.02. The molecule has 0 aliphatic heterocycles. The third kappa shape index (κ3) is 14.9. The van der Waals surface area contributed by atoms with Crippen LogP contribution in [0.15, 0.2) is 34.9 Å². The molecule has 128 valence electrons. The molecule has 0 heterocycles. The molecule has 0 aromatic carbocycles. The molecule has 0 bridgehead atoms. The lowest BCUT2D eigenvalue weighted by atomic mass is 10.1. The predicted octanol–water partition coefficient (Wildman–Crippen LogP) is 5.75. The molecule has 0 saturated heterocycles. The highest BCUT2D eigenvalue weighted by Crippen LogP contribution is 2.12. The molecule has 0 saturated carbocycles. The summed E-state index contributed by atoms with van der Waals surface area (Å²) in [5.74, 6) is 4.90. The van der Waals surface area contributed by atoms with Crippen molar-refractivity contribution in [3.05, 3.63) is 34.9 Å². The van der Waals surface area contributed by atoms with E-state index in [1.807, 2.05) is 0 Å². The number of hydrogen-bond acceptors (Lipinski definition) is 2. The Morgan fingerprint density at radius 3 is 2.04 bits per heavy atom. The summed E-state index contributed by atoms with van der Waals surface area (Å²) in [5, 5.41) is 0. The fourth-order valence-corrected chi connectivity index (χ4v) is 2.03. The molecule has 0 aliphatic rings. The van der Waals surface area contributed by atoms with Crippen LogP contribution in [0.5, 0.6) is 0 Å². The van der Waals surface area contributed by atoms with Crippen LogP contribution in [-0.2, 0) is 9.53 Å². The molecule has 0 spiro atoms. The maximum Gasteiger partial charge on any atom is 0.384 e. The molecule has 0 N–H and O–H groups in total. The average Bonchev–Trinajstić information content (AvgIpc) is 2.46. The average molecular weight is 316 g/mol. The van der Waals surface area contributed by atoms with Crippen LogP contribution < -0.4 is 0 Å². The number of allylic oxidation sites excluding steroid dienone is 6. The minimum absolute atomic E-state index is 0.383. The summed E-state index contributed by atoms with van der Waals surface area (Å²) >= 11 is 0. The fourth-order valence-electron chi connectivity index (χ4n) is 2.03. The Balaban J connectivity index is 3.94. The van der Waals surface area contributed by atoms with Gasteiger partial charge in [0, 0.05) is 12.3 Å². The van der Waals surface area contributed by atoms with Crippen molar-refractivity contribution in [1.29, 1.82) is 0 Å². The number of hydrogen-bond donors (Lipinski definition) is 0. The summed E-state index contributed by atoms with van der Waals surface area (Å²) < 4.78 is 4.75. The smallest absolute Gasteiger partial charge is 0.384 e. The van der Waals surface area contributed by atoms with E-state index < -0.39 is 5.97 Å². The largest absolute Gasteiger partial charge is 0.456 e. The Kier molecular flexibility index (Phi) is 12.8. The van der Waals surface area contributed by atoms with Gasteiger partial charge in [0.25, 0.3) is 0 Å². The van der Waals surface area contributed by atoms with Gasteiger partial charge in [0.05, 0.1) is 6.61 Å². The normalized spacial score (nSPS) is 11.5. The van der Waals surface area contributed by atoms with Gasteiger partial charge in [-0.2, -0.15) is 0 Å². The van der Waals surface area contributed by atoms with Gasteiger partial charge in [-0.1, -0.05) is 40.9 Å². The maximum atomic E-state index is 11.0. The molecule has 0 rings (SSSR count). The topological polar surface area (TPSA) is 26.3 Å². The Morgan fingerprint density at radius 2 is 1.48 bits per heavy atom. The van der Waals surface area contributed by atoms with E-state index in [9.17, 15) is 4.79 Å². The maximum absolute atomic E-state index is 11.0. The molecule has 0 atom stereocenters. The van der Waals surface area contributed by atoms with Gasteiger partial charge in [-0.15, -0.1) is 0 Å². The molecule has 0 radical (unpaired) electrons. The molecule has 2 heteroatoms. The van der Waals surface area contributed by atoms with Crippen molar-refractivity contribution in [2.45, 2.75) is 73.1 Å². The minimum Gasteiger partial charge on any atom is -0.456 e. The molecule has 23 heavy (non-hydrogen) atoms. The number of esters is 1. The zero-order valence-corrected chi connectivity index (χ0v) is 15.5. The first-order valence-electron chi connectivity index (χ1n) is 8.56. The zero-order valence-electron chi connectivity index (χ0n) is 15.5. The van der Waals surface area contributed by atoms with Crippen molar-refractivity contribution in [1.82, 2.24) is 0 Å². The van der Waals surface area contributed by atoms with Crippen molar-refractivity contribution in [3.63, 3.8) is 0 Å². The number of rotatable bonds is 9. The first-order chi connectivity index (χ1) is 11.0. The Labute approximate surface area is 142 Å². The zero-order chi connectivity index (χ0) is 17.5. The van der Waals surface area contributed by atoms with Gasteiger partial charge in [-0.05, 0) is 66.7 Å². The molecule has 0 aromatic rings. The predicted molar refractivity (Wildman–Crippen MR) is 99.1 cm³/mol. The van der Waals surface area contributed by atoms with Crippen LogP contribution in [0, 0.1) is 11.8 Å². The lowest BCUT2D eigenvalue weighted by Gasteiger charge is -2.01. The monoisotopic (exact) mass is 316 g/mol. The van der Waals surface area contributed by atoms with Gasteiger partial charge in [-0.3, -0.25) is 0 Å². The van der Waals surface area contributed by atoms with Gasteiger partial charge in [0.1, 0.15) is 0 Å². The summed E-state index contributed by atoms with van der Waals surface area (Å²) in [4.78, 5) is 11.0. The Hall–Kier alpha value is -1.75. The summed E-state index contributed by atoms with van der Waals surface area (Å²) in [6.07, 6.45) is 12.9. The fraction of sp³-hybridized carbons (Fsp3) is 0.571. The van der Waals surface area contributed by atoms with Crippen molar-refractivity contribution in [2.24, 2.45) is 0 Å². The van der Waals surface area contributed by atoms with E-state index in [0.717, 1.165) is 32.1 Å². The Morgan fingerprint density at radius 1 is 0.913 bits per heavy atom. The van der Waals surface area contributed by atoms with Gasteiger partial charge < -0.3 is 4.74 Å². The third-order valence-electron chi connectivity index (χ3n) is 3.35. The lowest BCUT2D eigenvalue weighted by Crippen LogP contribution is -1.99. The van der Waals surface area contributed by atoms with E-state index >= 15 is 0 Å². The SMILES string of the molecule is CCOC(=O)C#CCC/C=C(\C)CC/C=C(\C)CCC=C(C)C. The molecular formula is C21H32O2. The van der Waals surface area contributed by atoms with Gasteiger partial charge in [-0.25, -0.2) is 4.79 Å². The van der Waals surface area contributed by atoms with E-state index in [4.69, 9.17) is 4.74 Å². The summed E-state index contributed by atoms with van der Waals surface area (Å²) in [7, 11) is 0. The number of carbonyl (C=O) groups excluding carboxylic acids is 1. The highest BCUT2D eigenvalue weighted by atomic mass is 16.5. The molecule has 0 unspecified atom stereocenters. The minimum atomic E-state index is -0.429. The van der Waals surface area contributed by atoms with Crippen molar-refractivity contribution < 1.29 is 9.53 Å². The van der Waals surface area contributed by atoms with Crippen LogP contribution in [0.4, 0.5) is 0 Å². The molecule has 0 aromatic heterocycles. The van der Waals surface area contributed by atoms with E-state index in [2.05, 4.69) is 57.8 Å². The van der Waals surface area contributed by atoms with E-state index in [1.165, 1.54) is 16.7 Å². The number of ether oxygens (including phenoxy) is 1. The number of carbonyl (C=O) groups is 1. The Bertz CT molecular complexity index is 492. The van der Waals surface area contributed by atoms with E-state index in [1.54, 1.807) is 6.92 Å². The van der Waals surface area contributed by atoms with Crippen LogP contribution >= 0.6 is 0 Å². The van der Waals surface area contributed by atoms with Crippen LogP contribution in [-0.4, -0.2) is 12.6 Å². The second kappa shape index (κ2) is 13.9. The summed E-state index contributed by atoms with van der Waals surface area (Å²) in [6.45, 7) is 10.8. The van der Waals surface area contributed by atoms with E-state index in [0.29, 0.717) is 13.0 Å². The summed E-state index contributed by atoms with van der Waals surface area (Å²) in [5.41, 5.74) is 4.24. The molecule has 0 amide bonds. The standard InChI is InChI=1S/C21H32O2/c1-6-23-21(22)17-9-7-8-13-19(4)15-11-16-20(5)14-10-12-18(2)3/h12-13,16H,6-8,10-11,14-15H2,1-5H3/b19-13+,20-16+. The van der Waals surface area contributed by atoms with Crippen molar-refractivity contribution >= 4 is 5.97 Å². The number of unbranched alkanes of at least 4 members (excludes halogenated alkanes) is 1. The molecule has 2 nitrogen and oxygen atoms in total. The van der Waals surface area contributed by atoms with Gasteiger partial charge in [0.2, 0.25) is 0 Å². The lowest BCUT2D eigenvalue weighted by molar-refractivity contribution is -0.136. The highest BCUT2D eigenvalue weighted by molar-refractivity contribution is 5.88. The van der Waals surface area contributed by atoms with Crippen LogP contribution in [0.1, 0.15) is 73.1 Å². The van der Waals surface area contributed by atoms with Crippen LogP contribution in [0.25, 0.3) is 0 Å². The molecule has 0 fully saturated rings. The second-order valence-electron chi connectivity index (χ2n) is 6.02. The van der Waals surface area contributed by atoms with Crippen molar-refractivity contribution in [2.75, 3.05) is 6.61 Å². The van der Waals surface area contributed by atoms with Crippen LogP contribution in [0.2, 0.25) is 0 Å². The third-order valence-corrected chi connectivity index (χ3v) is 3.35.